The number of carbonyl (C=O) groups is 2. The van der Waals surface area contributed by atoms with Crippen LogP contribution in [-0.2, 0) is 9.59 Å². The lowest BCUT2D eigenvalue weighted by atomic mass is 9.95. The van der Waals surface area contributed by atoms with Crippen molar-refractivity contribution in [2.24, 2.45) is 11.8 Å². The standard InChI is InChI=1S/C7H10N2O3/c1-4(5(2)7(11)12)6(10)9-3-8/h4-5H,1-2H3,(H,9,10)(H,11,12). The Bertz CT molecular complexity index is 231. The van der Waals surface area contributed by atoms with E-state index >= 15 is 0 Å². The minimum Gasteiger partial charge on any atom is -0.481 e. The molecule has 0 aromatic rings. The van der Waals surface area contributed by atoms with Crippen molar-refractivity contribution in [1.29, 1.82) is 5.26 Å². The van der Waals surface area contributed by atoms with E-state index in [0.29, 0.717) is 0 Å². The molecule has 2 N–H and O–H groups in total. The second kappa shape index (κ2) is 4.34. The van der Waals surface area contributed by atoms with E-state index in [4.69, 9.17) is 10.4 Å². The summed E-state index contributed by atoms with van der Waals surface area (Å²) >= 11 is 0. The number of nitrogens with one attached hydrogen (secondary N) is 1. The number of rotatable bonds is 3. The summed E-state index contributed by atoms with van der Waals surface area (Å²) in [5.41, 5.74) is 0. The molecule has 5 heteroatoms. The fourth-order valence-electron chi connectivity index (χ4n) is 0.610. The van der Waals surface area contributed by atoms with Gasteiger partial charge in [0.1, 0.15) is 0 Å². The van der Waals surface area contributed by atoms with Gasteiger partial charge >= 0.3 is 5.97 Å². The lowest BCUT2D eigenvalue weighted by Crippen LogP contribution is -2.32. The highest BCUT2D eigenvalue weighted by Crippen LogP contribution is 2.10. The summed E-state index contributed by atoms with van der Waals surface area (Å²) in [4.78, 5) is 21.3. The van der Waals surface area contributed by atoms with Gasteiger partial charge < -0.3 is 5.11 Å². The highest BCUT2D eigenvalue weighted by molar-refractivity contribution is 5.84. The van der Waals surface area contributed by atoms with E-state index in [-0.39, 0.29) is 0 Å². The summed E-state index contributed by atoms with van der Waals surface area (Å²) in [6.45, 7) is 2.88. The van der Waals surface area contributed by atoms with Crippen LogP contribution in [0.2, 0.25) is 0 Å². The molecule has 0 aromatic carbocycles. The van der Waals surface area contributed by atoms with Crippen molar-refractivity contribution in [2.45, 2.75) is 13.8 Å². The van der Waals surface area contributed by atoms with E-state index in [1.165, 1.54) is 20.0 Å². The number of amides is 1. The molecule has 5 nitrogen and oxygen atoms in total. The second-order valence-electron chi connectivity index (χ2n) is 2.52. The van der Waals surface area contributed by atoms with Gasteiger partial charge in [0.2, 0.25) is 5.91 Å². The maximum absolute atomic E-state index is 10.9. The van der Waals surface area contributed by atoms with E-state index in [0.717, 1.165) is 0 Å². The van der Waals surface area contributed by atoms with Crippen LogP contribution < -0.4 is 5.32 Å². The Hall–Kier alpha value is -1.57. The highest BCUT2D eigenvalue weighted by Gasteiger charge is 2.25. The van der Waals surface area contributed by atoms with Crippen LogP contribution in [0, 0.1) is 23.3 Å². The van der Waals surface area contributed by atoms with Crippen LogP contribution in [0.3, 0.4) is 0 Å². The first-order valence-corrected chi connectivity index (χ1v) is 3.42. The minimum atomic E-state index is -1.05. The van der Waals surface area contributed by atoms with Gasteiger partial charge in [-0.2, -0.15) is 5.26 Å². The predicted octanol–water partition coefficient (Wildman–Crippen LogP) is -0.0595. The van der Waals surface area contributed by atoms with E-state index in [2.05, 4.69) is 0 Å². The number of hydrogen-bond donors (Lipinski definition) is 2. The predicted molar refractivity (Wildman–Crippen MR) is 39.7 cm³/mol. The molecule has 66 valence electrons. The van der Waals surface area contributed by atoms with Gasteiger partial charge in [0.25, 0.3) is 0 Å². The lowest BCUT2D eigenvalue weighted by Gasteiger charge is -2.12. The highest BCUT2D eigenvalue weighted by atomic mass is 16.4. The van der Waals surface area contributed by atoms with Gasteiger partial charge in [-0.15, -0.1) is 0 Å². The molecule has 1 amide bonds. The summed E-state index contributed by atoms with van der Waals surface area (Å²) in [6, 6.07) is 0. The van der Waals surface area contributed by atoms with Gasteiger partial charge in [-0.25, -0.2) is 0 Å². The molecule has 0 aliphatic rings. The van der Waals surface area contributed by atoms with Crippen LogP contribution in [0.1, 0.15) is 13.8 Å². The topological polar surface area (TPSA) is 90.2 Å². The zero-order valence-electron chi connectivity index (χ0n) is 6.87. The Morgan fingerprint density at radius 3 is 2.25 bits per heavy atom. The largest absolute Gasteiger partial charge is 0.481 e. The number of hydrogen-bond acceptors (Lipinski definition) is 3. The summed E-state index contributed by atoms with van der Waals surface area (Å²) < 4.78 is 0. The van der Waals surface area contributed by atoms with Crippen LogP contribution in [0.15, 0.2) is 0 Å². The van der Waals surface area contributed by atoms with Crippen LogP contribution in [-0.4, -0.2) is 17.0 Å². The van der Waals surface area contributed by atoms with Crippen molar-refractivity contribution < 1.29 is 14.7 Å². The van der Waals surface area contributed by atoms with E-state index in [1.54, 1.807) is 0 Å². The Labute approximate surface area is 70.0 Å². The summed E-state index contributed by atoms with van der Waals surface area (Å²) in [7, 11) is 0. The normalized spacial score (nSPS) is 14.1. The summed E-state index contributed by atoms with van der Waals surface area (Å²) in [6.07, 6.45) is 1.45. The zero-order valence-corrected chi connectivity index (χ0v) is 6.87. The quantitative estimate of drug-likeness (QED) is 0.458. The fourth-order valence-corrected chi connectivity index (χ4v) is 0.610. The van der Waals surface area contributed by atoms with E-state index in [9.17, 15) is 9.59 Å². The first kappa shape index (κ1) is 10.4. The van der Waals surface area contributed by atoms with Gasteiger partial charge in [0.05, 0.1) is 5.92 Å². The molecule has 0 aliphatic carbocycles. The molecule has 12 heavy (non-hydrogen) atoms. The van der Waals surface area contributed by atoms with Gasteiger partial charge in [-0.1, -0.05) is 13.8 Å². The second-order valence-corrected chi connectivity index (χ2v) is 2.52. The van der Waals surface area contributed by atoms with Crippen molar-refractivity contribution in [1.82, 2.24) is 5.32 Å². The molecule has 0 radical (unpaired) electrons. The Morgan fingerprint density at radius 1 is 1.42 bits per heavy atom. The fraction of sp³-hybridized carbons (Fsp3) is 0.571. The van der Waals surface area contributed by atoms with Crippen molar-refractivity contribution in [3.05, 3.63) is 0 Å². The third kappa shape index (κ3) is 2.58. The minimum absolute atomic E-state index is 0.563. The number of aliphatic carboxylic acids is 1. The SMILES string of the molecule is CC(C(=O)O)C(C)C(=O)NC#N. The smallest absolute Gasteiger partial charge is 0.307 e. The first-order chi connectivity index (χ1) is 5.50. The molecule has 0 bridgehead atoms. The van der Waals surface area contributed by atoms with Gasteiger partial charge in [0, 0.05) is 5.92 Å². The monoisotopic (exact) mass is 170 g/mol. The molecule has 0 saturated heterocycles. The van der Waals surface area contributed by atoms with Crippen molar-refractivity contribution >= 4 is 11.9 Å². The van der Waals surface area contributed by atoms with Gasteiger partial charge in [-0.05, 0) is 0 Å². The van der Waals surface area contributed by atoms with Crippen LogP contribution >= 0.6 is 0 Å². The molecule has 2 unspecified atom stereocenters. The Morgan fingerprint density at radius 2 is 1.92 bits per heavy atom. The van der Waals surface area contributed by atoms with Crippen molar-refractivity contribution in [3.8, 4) is 6.19 Å². The maximum Gasteiger partial charge on any atom is 0.307 e. The lowest BCUT2D eigenvalue weighted by molar-refractivity contribution is -0.145. The molecule has 0 rings (SSSR count). The average Bonchev–Trinajstić information content (AvgIpc) is 2.02. The van der Waals surface area contributed by atoms with Crippen LogP contribution in [0.5, 0.6) is 0 Å². The molecular weight excluding hydrogens is 160 g/mol. The van der Waals surface area contributed by atoms with Crippen molar-refractivity contribution in [2.75, 3.05) is 0 Å². The van der Waals surface area contributed by atoms with Gasteiger partial charge in [0.15, 0.2) is 6.19 Å². The van der Waals surface area contributed by atoms with Gasteiger partial charge in [-0.3, -0.25) is 14.9 Å². The Kier molecular flexibility index (Phi) is 3.77. The van der Waals surface area contributed by atoms with Crippen LogP contribution in [0.25, 0.3) is 0 Å². The third-order valence-electron chi connectivity index (χ3n) is 1.73. The van der Waals surface area contributed by atoms with E-state index in [1.807, 2.05) is 5.32 Å². The number of carbonyl (C=O) groups excluding carboxylic acids is 1. The van der Waals surface area contributed by atoms with Crippen molar-refractivity contribution in [3.63, 3.8) is 0 Å². The number of carboxylic acid groups (broad SMARTS) is 1. The number of nitrogens with zero attached hydrogens (tertiary/aromatic N) is 1. The molecule has 0 aromatic heterocycles. The molecule has 0 fully saturated rings. The zero-order chi connectivity index (χ0) is 9.72. The third-order valence-corrected chi connectivity index (χ3v) is 1.73. The molecule has 2 atom stereocenters. The molecule has 0 aliphatic heterocycles. The maximum atomic E-state index is 10.9. The summed E-state index contributed by atoms with van der Waals surface area (Å²) in [5.74, 6) is -3.08. The number of carboxylic acids is 1. The molecule has 0 spiro atoms. The average molecular weight is 170 g/mol. The van der Waals surface area contributed by atoms with E-state index < -0.39 is 23.7 Å². The number of nitriles is 1. The molecule has 0 saturated carbocycles. The van der Waals surface area contributed by atoms with Crippen LogP contribution in [0.4, 0.5) is 0 Å². The Balaban J connectivity index is 4.20. The first-order valence-electron chi connectivity index (χ1n) is 3.42. The molecule has 0 heterocycles. The molecular formula is C7H10N2O3. The summed E-state index contributed by atoms with van der Waals surface area (Å²) in [5, 5.41) is 18.5.